The van der Waals surface area contributed by atoms with Crippen LogP contribution in [0.1, 0.15) is 11.3 Å². The summed E-state index contributed by atoms with van der Waals surface area (Å²) in [4.78, 5) is 20.0. The number of anilines is 1. The van der Waals surface area contributed by atoms with Crippen LogP contribution in [-0.4, -0.2) is 28.8 Å². The van der Waals surface area contributed by atoms with E-state index >= 15 is 0 Å². The number of carbonyl (C=O) groups excluding carboxylic acids is 1. The summed E-state index contributed by atoms with van der Waals surface area (Å²) < 4.78 is 46.6. The lowest BCUT2D eigenvalue weighted by molar-refractivity contribution is -0.154. The number of aromatic nitrogens is 2. The van der Waals surface area contributed by atoms with Crippen molar-refractivity contribution in [2.45, 2.75) is 19.3 Å². The molecule has 0 bridgehead atoms. The Kier molecular flexibility index (Phi) is 7.26. The number of pyridine rings is 2. The monoisotopic (exact) mass is 432 g/mol. The van der Waals surface area contributed by atoms with Gasteiger partial charge in [0.25, 0.3) is 0 Å². The number of rotatable bonds is 8. The fraction of sp³-hybridized carbons (Fsp3) is 0.190. The van der Waals surface area contributed by atoms with Gasteiger partial charge in [0.2, 0.25) is 5.88 Å². The molecule has 0 atom stereocenters. The molecule has 0 unspecified atom stereocenters. The van der Waals surface area contributed by atoms with Crippen molar-refractivity contribution in [3.63, 3.8) is 0 Å². The van der Waals surface area contributed by atoms with E-state index in [4.69, 9.17) is 4.74 Å². The molecule has 2 N–H and O–H groups in total. The van der Waals surface area contributed by atoms with E-state index in [2.05, 4.69) is 25.3 Å². The fourth-order valence-corrected chi connectivity index (χ4v) is 2.44. The second-order valence-corrected chi connectivity index (χ2v) is 6.35. The maximum Gasteiger partial charge on any atom is 0.422 e. The zero-order valence-electron chi connectivity index (χ0n) is 16.2. The number of nitrogens with zero attached hydrogens (tertiary/aromatic N) is 2. The SMILES string of the molecule is O=C(NCc1cccc(OCc2ccccn2)c1)Nc1ccc(OCC(F)(F)F)nc1. The van der Waals surface area contributed by atoms with E-state index in [0.29, 0.717) is 18.0 Å². The number of hydrogen-bond donors (Lipinski definition) is 2. The van der Waals surface area contributed by atoms with E-state index in [1.165, 1.54) is 18.3 Å². The minimum Gasteiger partial charge on any atom is -0.487 e. The first kappa shape index (κ1) is 21.9. The first-order valence-electron chi connectivity index (χ1n) is 9.19. The zero-order chi connectivity index (χ0) is 22.1. The lowest BCUT2D eigenvalue weighted by Gasteiger charge is -2.11. The molecule has 162 valence electrons. The Morgan fingerprint density at radius 2 is 1.87 bits per heavy atom. The standard InChI is InChI=1S/C21H19F3N4O3/c22-21(23,24)14-31-19-8-7-16(12-26-19)28-20(29)27-11-15-4-3-6-18(10-15)30-13-17-5-1-2-9-25-17/h1-10,12H,11,13-14H2,(H2,27,28,29). The van der Waals surface area contributed by atoms with Gasteiger partial charge < -0.3 is 20.1 Å². The topological polar surface area (TPSA) is 85.4 Å². The van der Waals surface area contributed by atoms with Gasteiger partial charge in [0, 0.05) is 18.8 Å². The van der Waals surface area contributed by atoms with Gasteiger partial charge in [-0.1, -0.05) is 18.2 Å². The molecule has 0 saturated carbocycles. The van der Waals surface area contributed by atoms with E-state index < -0.39 is 18.8 Å². The average molecular weight is 432 g/mol. The molecule has 0 aliphatic heterocycles. The lowest BCUT2D eigenvalue weighted by Crippen LogP contribution is -2.28. The Morgan fingerprint density at radius 1 is 1.00 bits per heavy atom. The first-order chi connectivity index (χ1) is 14.9. The largest absolute Gasteiger partial charge is 0.487 e. The number of alkyl halides is 3. The number of amides is 2. The summed E-state index contributed by atoms with van der Waals surface area (Å²) in [5.74, 6) is 0.454. The molecule has 10 heteroatoms. The van der Waals surface area contributed by atoms with Crippen LogP contribution in [0.3, 0.4) is 0 Å². The normalized spacial score (nSPS) is 10.9. The smallest absolute Gasteiger partial charge is 0.422 e. The maximum atomic E-state index is 12.1. The molecule has 1 aromatic carbocycles. The van der Waals surface area contributed by atoms with E-state index in [9.17, 15) is 18.0 Å². The molecule has 2 aromatic heterocycles. The Hall–Kier alpha value is -3.82. The number of benzene rings is 1. The van der Waals surface area contributed by atoms with Crippen molar-refractivity contribution in [2.75, 3.05) is 11.9 Å². The summed E-state index contributed by atoms with van der Waals surface area (Å²) in [6, 6.07) is 15.0. The highest BCUT2D eigenvalue weighted by Gasteiger charge is 2.28. The highest BCUT2D eigenvalue weighted by Crippen LogP contribution is 2.18. The summed E-state index contributed by atoms with van der Waals surface area (Å²) in [6.07, 6.45) is -1.55. The van der Waals surface area contributed by atoms with Crippen molar-refractivity contribution >= 4 is 11.7 Å². The number of ether oxygens (including phenoxy) is 2. The number of nitrogens with one attached hydrogen (secondary N) is 2. The molecule has 0 aliphatic rings. The zero-order valence-corrected chi connectivity index (χ0v) is 16.2. The van der Waals surface area contributed by atoms with Crippen LogP contribution in [0, 0.1) is 0 Å². The van der Waals surface area contributed by atoms with Crippen LogP contribution in [0.15, 0.2) is 67.0 Å². The lowest BCUT2D eigenvalue weighted by atomic mass is 10.2. The number of carbonyl (C=O) groups is 1. The summed E-state index contributed by atoms with van der Waals surface area (Å²) in [6.45, 7) is -0.862. The van der Waals surface area contributed by atoms with Crippen molar-refractivity contribution in [1.82, 2.24) is 15.3 Å². The van der Waals surface area contributed by atoms with Gasteiger partial charge in [-0.3, -0.25) is 4.98 Å². The molecule has 3 aromatic rings. The van der Waals surface area contributed by atoms with Gasteiger partial charge in [0.05, 0.1) is 17.6 Å². The molecule has 2 heterocycles. The van der Waals surface area contributed by atoms with Crippen LogP contribution in [-0.2, 0) is 13.2 Å². The highest BCUT2D eigenvalue weighted by molar-refractivity contribution is 5.88. The Morgan fingerprint density at radius 3 is 2.58 bits per heavy atom. The summed E-state index contributed by atoms with van der Waals surface area (Å²) >= 11 is 0. The van der Waals surface area contributed by atoms with Gasteiger partial charge in [0.1, 0.15) is 12.4 Å². The Balaban J connectivity index is 1.45. The van der Waals surface area contributed by atoms with Crippen LogP contribution >= 0.6 is 0 Å². The van der Waals surface area contributed by atoms with Gasteiger partial charge >= 0.3 is 12.2 Å². The molecule has 0 radical (unpaired) electrons. The molecule has 31 heavy (non-hydrogen) atoms. The molecule has 7 nitrogen and oxygen atoms in total. The average Bonchev–Trinajstić information content (AvgIpc) is 2.76. The third kappa shape index (κ3) is 7.84. The predicted molar refractivity (Wildman–Crippen MR) is 107 cm³/mol. The third-order valence-corrected chi connectivity index (χ3v) is 3.84. The summed E-state index contributed by atoms with van der Waals surface area (Å²) in [5, 5.41) is 5.23. The van der Waals surface area contributed by atoms with Gasteiger partial charge in [-0.2, -0.15) is 13.2 Å². The van der Waals surface area contributed by atoms with Gasteiger partial charge in [-0.05, 0) is 35.9 Å². The second-order valence-electron chi connectivity index (χ2n) is 6.35. The maximum absolute atomic E-state index is 12.1. The van der Waals surface area contributed by atoms with E-state index in [-0.39, 0.29) is 12.4 Å². The quantitative estimate of drug-likeness (QED) is 0.554. The van der Waals surface area contributed by atoms with Crippen LogP contribution in [0.25, 0.3) is 0 Å². The highest BCUT2D eigenvalue weighted by atomic mass is 19.4. The van der Waals surface area contributed by atoms with Crippen LogP contribution in [0.2, 0.25) is 0 Å². The fourth-order valence-electron chi connectivity index (χ4n) is 2.44. The van der Waals surface area contributed by atoms with Crippen molar-refractivity contribution in [2.24, 2.45) is 0 Å². The van der Waals surface area contributed by atoms with Crippen molar-refractivity contribution in [1.29, 1.82) is 0 Å². The van der Waals surface area contributed by atoms with Gasteiger partial charge in [-0.25, -0.2) is 9.78 Å². The summed E-state index contributed by atoms with van der Waals surface area (Å²) in [7, 11) is 0. The predicted octanol–water partition coefficient (Wildman–Crippen LogP) is 4.32. The Bertz CT molecular complexity index is 983. The number of urea groups is 1. The molecule has 0 aliphatic carbocycles. The van der Waals surface area contributed by atoms with Crippen LogP contribution in [0.5, 0.6) is 11.6 Å². The summed E-state index contributed by atoms with van der Waals surface area (Å²) in [5.41, 5.74) is 1.93. The minimum absolute atomic E-state index is 0.189. The van der Waals surface area contributed by atoms with Crippen molar-refractivity contribution < 1.29 is 27.4 Å². The number of halogens is 3. The minimum atomic E-state index is -4.45. The van der Waals surface area contributed by atoms with E-state index in [0.717, 1.165) is 11.3 Å². The molecular weight excluding hydrogens is 413 g/mol. The molecule has 0 spiro atoms. The van der Waals surface area contributed by atoms with Gasteiger partial charge in [0.15, 0.2) is 6.61 Å². The molecule has 3 rings (SSSR count). The first-order valence-corrected chi connectivity index (χ1v) is 9.19. The van der Waals surface area contributed by atoms with Crippen LogP contribution in [0.4, 0.5) is 23.7 Å². The molecular formula is C21H19F3N4O3. The molecule has 2 amide bonds. The third-order valence-electron chi connectivity index (χ3n) is 3.84. The number of hydrogen-bond acceptors (Lipinski definition) is 5. The van der Waals surface area contributed by atoms with Gasteiger partial charge in [-0.15, -0.1) is 0 Å². The Labute approximate surface area is 176 Å². The van der Waals surface area contributed by atoms with Crippen molar-refractivity contribution in [3.8, 4) is 11.6 Å². The molecule has 0 fully saturated rings. The van der Waals surface area contributed by atoms with E-state index in [1.54, 1.807) is 18.3 Å². The van der Waals surface area contributed by atoms with Crippen molar-refractivity contribution in [3.05, 3.63) is 78.2 Å². The second kappa shape index (κ2) is 10.3. The molecule has 0 saturated heterocycles. The van der Waals surface area contributed by atoms with E-state index in [1.807, 2.05) is 30.3 Å². The van der Waals surface area contributed by atoms with Crippen LogP contribution < -0.4 is 20.1 Å².